The zero-order valence-electron chi connectivity index (χ0n) is 13.6. The van der Waals surface area contributed by atoms with Gasteiger partial charge in [0, 0.05) is 13.1 Å². The first-order valence-electron chi connectivity index (χ1n) is 7.49. The summed E-state index contributed by atoms with van der Waals surface area (Å²) in [4.78, 5) is 18.9. The second kappa shape index (κ2) is 6.76. The lowest BCUT2D eigenvalue weighted by Crippen LogP contribution is -2.43. The maximum Gasteiger partial charge on any atom is 0.410 e. The predicted octanol–water partition coefficient (Wildman–Crippen LogP) is 3.08. The van der Waals surface area contributed by atoms with Crippen molar-refractivity contribution in [2.45, 2.75) is 71.5 Å². The number of rotatable bonds is 4. The van der Waals surface area contributed by atoms with Gasteiger partial charge in [0.1, 0.15) is 5.60 Å². The van der Waals surface area contributed by atoms with Gasteiger partial charge in [0.05, 0.1) is 5.60 Å². The SMILES string of the molecule is CC(C)(C)OC(=O)N1CCCC(CCC(C)(C)ON)C1. The highest BCUT2D eigenvalue weighted by Crippen LogP contribution is 2.26. The number of hydrogen-bond donors (Lipinski definition) is 1. The maximum atomic E-state index is 12.1. The summed E-state index contributed by atoms with van der Waals surface area (Å²) in [6.07, 6.45) is 3.91. The van der Waals surface area contributed by atoms with Crippen LogP contribution >= 0.6 is 0 Å². The molecule has 20 heavy (non-hydrogen) atoms. The van der Waals surface area contributed by atoms with E-state index in [1.54, 1.807) is 0 Å². The van der Waals surface area contributed by atoms with Crippen LogP contribution in [-0.4, -0.2) is 35.3 Å². The summed E-state index contributed by atoms with van der Waals surface area (Å²) < 4.78 is 5.43. The normalized spacial score (nSPS) is 20.9. The van der Waals surface area contributed by atoms with Gasteiger partial charge in [-0.25, -0.2) is 10.7 Å². The molecule has 1 amide bonds. The summed E-state index contributed by atoms with van der Waals surface area (Å²) in [5, 5.41) is 0. The molecule has 1 aliphatic rings. The Bertz CT molecular complexity index is 324. The van der Waals surface area contributed by atoms with Crippen molar-refractivity contribution in [3.63, 3.8) is 0 Å². The van der Waals surface area contributed by atoms with Crippen molar-refractivity contribution in [3.05, 3.63) is 0 Å². The van der Waals surface area contributed by atoms with Gasteiger partial charge in [0.15, 0.2) is 0 Å². The van der Waals surface area contributed by atoms with Gasteiger partial charge in [-0.05, 0) is 66.2 Å². The second-order valence-corrected chi connectivity index (χ2v) is 7.35. The fourth-order valence-corrected chi connectivity index (χ4v) is 2.40. The van der Waals surface area contributed by atoms with E-state index in [1.807, 2.05) is 39.5 Å². The summed E-state index contributed by atoms with van der Waals surface area (Å²) in [5.41, 5.74) is -0.729. The van der Waals surface area contributed by atoms with Crippen LogP contribution < -0.4 is 5.90 Å². The number of likely N-dealkylation sites (tertiary alicyclic amines) is 1. The molecule has 0 saturated carbocycles. The fourth-order valence-electron chi connectivity index (χ4n) is 2.40. The highest BCUT2D eigenvalue weighted by Gasteiger charge is 2.29. The van der Waals surface area contributed by atoms with E-state index in [-0.39, 0.29) is 11.7 Å². The number of ether oxygens (including phenoxy) is 1. The number of carbonyl (C=O) groups excluding carboxylic acids is 1. The number of nitrogens with two attached hydrogens (primary N) is 1. The topological polar surface area (TPSA) is 64.8 Å². The molecular weight excluding hydrogens is 256 g/mol. The molecule has 1 aliphatic heterocycles. The first kappa shape index (κ1) is 17.2. The van der Waals surface area contributed by atoms with Crippen molar-refractivity contribution >= 4 is 6.09 Å². The molecule has 2 N–H and O–H groups in total. The first-order chi connectivity index (χ1) is 9.13. The van der Waals surface area contributed by atoms with E-state index >= 15 is 0 Å². The molecule has 0 spiro atoms. The highest BCUT2D eigenvalue weighted by molar-refractivity contribution is 5.68. The Balaban J connectivity index is 2.44. The fraction of sp³-hybridized carbons (Fsp3) is 0.933. The van der Waals surface area contributed by atoms with E-state index in [4.69, 9.17) is 15.5 Å². The second-order valence-electron chi connectivity index (χ2n) is 7.35. The van der Waals surface area contributed by atoms with Crippen LogP contribution in [0.2, 0.25) is 0 Å². The molecule has 1 atom stereocenters. The van der Waals surface area contributed by atoms with Crippen LogP contribution in [0.4, 0.5) is 4.79 Å². The zero-order valence-corrected chi connectivity index (χ0v) is 13.6. The van der Waals surface area contributed by atoms with Crippen LogP contribution in [0.5, 0.6) is 0 Å². The van der Waals surface area contributed by atoms with Crippen molar-refractivity contribution < 1.29 is 14.4 Å². The van der Waals surface area contributed by atoms with Crippen molar-refractivity contribution in [3.8, 4) is 0 Å². The van der Waals surface area contributed by atoms with Crippen LogP contribution in [-0.2, 0) is 9.57 Å². The summed E-state index contributed by atoms with van der Waals surface area (Å²) >= 11 is 0. The monoisotopic (exact) mass is 286 g/mol. The molecule has 0 aliphatic carbocycles. The average molecular weight is 286 g/mol. The van der Waals surface area contributed by atoms with Gasteiger partial charge in [-0.15, -0.1) is 0 Å². The largest absolute Gasteiger partial charge is 0.444 e. The summed E-state index contributed by atoms with van der Waals surface area (Å²) in [5.74, 6) is 5.79. The third-order valence-corrected chi connectivity index (χ3v) is 3.64. The molecule has 118 valence electrons. The maximum absolute atomic E-state index is 12.1. The number of hydrogen-bond acceptors (Lipinski definition) is 4. The van der Waals surface area contributed by atoms with Gasteiger partial charge in [-0.1, -0.05) is 0 Å². The lowest BCUT2D eigenvalue weighted by Gasteiger charge is -2.35. The van der Waals surface area contributed by atoms with Gasteiger partial charge in [0.2, 0.25) is 0 Å². The van der Waals surface area contributed by atoms with E-state index in [1.165, 1.54) is 0 Å². The molecule has 1 unspecified atom stereocenters. The van der Waals surface area contributed by atoms with Gasteiger partial charge in [-0.2, -0.15) is 0 Å². The standard InChI is InChI=1S/C15H30N2O3/c1-14(2,3)19-13(18)17-10-6-7-12(11-17)8-9-15(4,5)20-16/h12H,6-11,16H2,1-5H3. The van der Waals surface area contributed by atoms with E-state index in [9.17, 15) is 4.79 Å². The Hall–Kier alpha value is -0.810. The molecule has 0 aromatic carbocycles. The predicted molar refractivity (Wildman–Crippen MR) is 79.1 cm³/mol. The Kier molecular flexibility index (Phi) is 5.83. The average Bonchev–Trinajstić information content (AvgIpc) is 2.35. The van der Waals surface area contributed by atoms with Crippen LogP contribution in [0.1, 0.15) is 60.3 Å². The summed E-state index contributed by atoms with van der Waals surface area (Å²) in [7, 11) is 0. The number of amides is 1. The Labute approximate surface area is 122 Å². The molecule has 0 radical (unpaired) electrons. The van der Waals surface area contributed by atoms with Crippen molar-refractivity contribution in [1.29, 1.82) is 0 Å². The molecule has 1 fully saturated rings. The van der Waals surface area contributed by atoms with Crippen LogP contribution in [0.15, 0.2) is 0 Å². The van der Waals surface area contributed by atoms with Gasteiger partial charge in [-0.3, -0.25) is 4.84 Å². The number of nitrogens with zero attached hydrogens (tertiary/aromatic N) is 1. The quantitative estimate of drug-likeness (QED) is 0.807. The Morgan fingerprint density at radius 1 is 1.30 bits per heavy atom. The van der Waals surface area contributed by atoms with Gasteiger partial charge >= 0.3 is 6.09 Å². The summed E-state index contributed by atoms with van der Waals surface area (Å²) in [6, 6.07) is 0. The Morgan fingerprint density at radius 2 is 1.95 bits per heavy atom. The molecule has 0 bridgehead atoms. The zero-order chi connectivity index (χ0) is 15.4. The lowest BCUT2D eigenvalue weighted by molar-refractivity contribution is -0.0318. The van der Waals surface area contributed by atoms with Gasteiger partial charge < -0.3 is 9.64 Å². The minimum Gasteiger partial charge on any atom is -0.444 e. The lowest BCUT2D eigenvalue weighted by atomic mass is 9.89. The molecule has 1 heterocycles. The molecule has 0 aromatic rings. The number of carbonyl (C=O) groups is 1. The molecule has 5 nitrogen and oxygen atoms in total. The van der Waals surface area contributed by atoms with E-state index in [0.29, 0.717) is 5.92 Å². The molecule has 5 heteroatoms. The van der Waals surface area contributed by atoms with Gasteiger partial charge in [0.25, 0.3) is 0 Å². The van der Waals surface area contributed by atoms with Crippen molar-refractivity contribution in [2.75, 3.05) is 13.1 Å². The Morgan fingerprint density at radius 3 is 2.50 bits per heavy atom. The molecule has 1 rings (SSSR count). The minimum atomic E-state index is -0.431. The number of piperidine rings is 1. The van der Waals surface area contributed by atoms with Crippen LogP contribution in [0.3, 0.4) is 0 Å². The van der Waals surface area contributed by atoms with Crippen molar-refractivity contribution in [1.82, 2.24) is 4.90 Å². The molecular formula is C15H30N2O3. The minimum absolute atomic E-state index is 0.198. The van der Waals surface area contributed by atoms with E-state index < -0.39 is 5.60 Å². The van der Waals surface area contributed by atoms with Crippen LogP contribution in [0, 0.1) is 5.92 Å². The molecule has 0 aromatic heterocycles. The summed E-state index contributed by atoms with van der Waals surface area (Å²) in [6.45, 7) is 11.2. The molecule has 1 saturated heterocycles. The first-order valence-corrected chi connectivity index (χ1v) is 7.49. The smallest absolute Gasteiger partial charge is 0.410 e. The van der Waals surface area contributed by atoms with Crippen molar-refractivity contribution in [2.24, 2.45) is 11.8 Å². The third-order valence-electron chi connectivity index (χ3n) is 3.64. The van der Waals surface area contributed by atoms with E-state index in [2.05, 4.69) is 0 Å². The van der Waals surface area contributed by atoms with Crippen LogP contribution in [0.25, 0.3) is 0 Å². The highest BCUT2D eigenvalue weighted by atomic mass is 16.6. The third kappa shape index (κ3) is 6.09. The van der Waals surface area contributed by atoms with E-state index in [0.717, 1.165) is 38.8 Å².